The zero-order valence-electron chi connectivity index (χ0n) is 13.8. The van der Waals surface area contributed by atoms with E-state index in [4.69, 9.17) is 5.73 Å². The second kappa shape index (κ2) is 5.63. The Bertz CT molecular complexity index is 1010. The summed E-state index contributed by atoms with van der Waals surface area (Å²) in [7, 11) is 1.63. The van der Waals surface area contributed by atoms with Crippen LogP contribution in [0, 0.1) is 0 Å². The van der Waals surface area contributed by atoms with Gasteiger partial charge in [0.05, 0.1) is 11.3 Å². The molecular formula is C20H17N3O2. The number of anilines is 3. The third-order valence-electron chi connectivity index (χ3n) is 4.45. The Hall–Kier alpha value is -3.34. The van der Waals surface area contributed by atoms with E-state index in [0.29, 0.717) is 16.9 Å². The van der Waals surface area contributed by atoms with E-state index in [9.17, 15) is 9.59 Å². The van der Waals surface area contributed by atoms with Gasteiger partial charge in [0.15, 0.2) is 0 Å². The number of carbonyl (C=O) groups excluding carboxylic acids is 2. The summed E-state index contributed by atoms with van der Waals surface area (Å²) in [6.45, 7) is 0.0141. The van der Waals surface area contributed by atoms with Crippen LogP contribution in [0.2, 0.25) is 0 Å². The number of carbonyl (C=O) groups is 2. The Balaban J connectivity index is 1.95. The van der Waals surface area contributed by atoms with Crippen LogP contribution in [0.1, 0.15) is 10.4 Å². The fourth-order valence-corrected chi connectivity index (χ4v) is 3.20. The lowest BCUT2D eigenvalue weighted by Crippen LogP contribution is -2.34. The molecule has 0 aromatic heterocycles. The molecule has 2 N–H and O–H groups in total. The molecule has 4 rings (SSSR count). The van der Waals surface area contributed by atoms with E-state index in [-0.39, 0.29) is 18.4 Å². The highest BCUT2D eigenvalue weighted by molar-refractivity contribution is 6.13. The van der Waals surface area contributed by atoms with Crippen molar-refractivity contribution < 1.29 is 9.59 Å². The van der Waals surface area contributed by atoms with Crippen LogP contribution < -0.4 is 10.6 Å². The van der Waals surface area contributed by atoms with Crippen molar-refractivity contribution in [2.24, 2.45) is 0 Å². The zero-order valence-corrected chi connectivity index (χ0v) is 13.8. The Morgan fingerprint density at radius 2 is 1.68 bits per heavy atom. The van der Waals surface area contributed by atoms with Crippen LogP contribution in [0.3, 0.4) is 0 Å². The average molecular weight is 331 g/mol. The van der Waals surface area contributed by atoms with Gasteiger partial charge in [0.2, 0.25) is 0 Å². The van der Waals surface area contributed by atoms with Crippen molar-refractivity contribution in [3.05, 3.63) is 66.2 Å². The third-order valence-corrected chi connectivity index (χ3v) is 4.45. The number of hydrogen-bond acceptors (Lipinski definition) is 3. The maximum absolute atomic E-state index is 12.9. The molecular weight excluding hydrogens is 314 g/mol. The number of likely N-dealkylation sites (N-methyl/N-ethyl adjacent to an activating group) is 1. The van der Waals surface area contributed by atoms with Gasteiger partial charge < -0.3 is 10.6 Å². The van der Waals surface area contributed by atoms with Crippen LogP contribution in [0.25, 0.3) is 10.8 Å². The predicted molar refractivity (Wildman–Crippen MR) is 98.9 cm³/mol. The molecule has 1 aliphatic rings. The molecule has 0 spiro atoms. The first kappa shape index (κ1) is 15.2. The summed E-state index contributed by atoms with van der Waals surface area (Å²) in [5, 5.41) is 2.12. The standard InChI is InChI=1S/C20H17N3O2/c1-22-12-19(24)23(18-11-15(21)7-9-17(18)20(22)25)16-8-6-13-4-2-3-5-14(13)10-16/h2-11H,12,21H2,1H3. The predicted octanol–water partition coefficient (Wildman–Crippen LogP) is 3.17. The Morgan fingerprint density at radius 3 is 2.48 bits per heavy atom. The maximum atomic E-state index is 12.9. The van der Waals surface area contributed by atoms with E-state index >= 15 is 0 Å². The van der Waals surface area contributed by atoms with Gasteiger partial charge in [-0.15, -0.1) is 0 Å². The van der Waals surface area contributed by atoms with Gasteiger partial charge in [0, 0.05) is 18.4 Å². The molecule has 0 radical (unpaired) electrons. The molecule has 1 aliphatic heterocycles. The maximum Gasteiger partial charge on any atom is 0.256 e. The molecule has 1 heterocycles. The summed E-state index contributed by atoms with van der Waals surface area (Å²) in [4.78, 5) is 28.5. The summed E-state index contributed by atoms with van der Waals surface area (Å²) in [5.74, 6) is -0.359. The Morgan fingerprint density at radius 1 is 0.920 bits per heavy atom. The molecule has 0 fully saturated rings. The molecule has 0 unspecified atom stereocenters. The summed E-state index contributed by atoms with van der Waals surface area (Å²) < 4.78 is 0. The highest BCUT2D eigenvalue weighted by Gasteiger charge is 2.30. The fraction of sp³-hybridized carbons (Fsp3) is 0.100. The van der Waals surface area contributed by atoms with Crippen molar-refractivity contribution in [2.75, 3.05) is 24.2 Å². The largest absolute Gasteiger partial charge is 0.399 e. The monoisotopic (exact) mass is 331 g/mol. The third kappa shape index (κ3) is 2.50. The molecule has 0 saturated carbocycles. The second-order valence-electron chi connectivity index (χ2n) is 6.20. The normalized spacial score (nSPS) is 14.6. The van der Waals surface area contributed by atoms with E-state index in [1.165, 1.54) is 4.90 Å². The van der Waals surface area contributed by atoms with Gasteiger partial charge in [-0.05, 0) is 41.1 Å². The first-order valence-electron chi connectivity index (χ1n) is 8.01. The highest BCUT2D eigenvalue weighted by Crippen LogP contribution is 2.34. The molecule has 0 bridgehead atoms. The summed E-state index contributed by atoms with van der Waals surface area (Å²) in [5.41, 5.74) is 8.15. The topological polar surface area (TPSA) is 66.6 Å². The summed E-state index contributed by atoms with van der Waals surface area (Å²) in [6.07, 6.45) is 0. The van der Waals surface area contributed by atoms with Crippen LogP contribution in [0.5, 0.6) is 0 Å². The number of amides is 2. The second-order valence-corrected chi connectivity index (χ2v) is 6.20. The van der Waals surface area contributed by atoms with E-state index < -0.39 is 0 Å². The molecule has 0 aliphatic carbocycles. The number of benzene rings is 3. The van der Waals surface area contributed by atoms with Crippen molar-refractivity contribution in [3.63, 3.8) is 0 Å². The summed E-state index contributed by atoms with van der Waals surface area (Å²) in [6, 6.07) is 18.8. The van der Waals surface area contributed by atoms with Crippen molar-refractivity contribution in [1.29, 1.82) is 0 Å². The van der Waals surface area contributed by atoms with Crippen molar-refractivity contribution in [1.82, 2.24) is 4.90 Å². The van der Waals surface area contributed by atoms with Gasteiger partial charge in [-0.2, -0.15) is 0 Å². The van der Waals surface area contributed by atoms with Gasteiger partial charge in [-0.3, -0.25) is 14.5 Å². The molecule has 0 atom stereocenters. The molecule has 3 aromatic carbocycles. The quantitative estimate of drug-likeness (QED) is 0.697. The Kier molecular flexibility index (Phi) is 3.42. The molecule has 5 heteroatoms. The molecule has 25 heavy (non-hydrogen) atoms. The number of fused-ring (bicyclic) bond motifs is 2. The Labute approximate surface area is 145 Å². The SMILES string of the molecule is CN1CC(=O)N(c2ccc3ccccc3c2)c2cc(N)ccc2C1=O. The minimum Gasteiger partial charge on any atom is -0.399 e. The minimum atomic E-state index is -0.188. The molecule has 5 nitrogen and oxygen atoms in total. The lowest BCUT2D eigenvalue weighted by atomic mass is 10.1. The van der Waals surface area contributed by atoms with Gasteiger partial charge in [-0.25, -0.2) is 0 Å². The fourth-order valence-electron chi connectivity index (χ4n) is 3.20. The van der Waals surface area contributed by atoms with Crippen molar-refractivity contribution >= 4 is 39.6 Å². The van der Waals surface area contributed by atoms with Crippen LogP contribution in [-0.2, 0) is 4.79 Å². The van der Waals surface area contributed by atoms with Crippen LogP contribution >= 0.6 is 0 Å². The molecule has 3 aromatic rings. The highest BCUT2D eigenvalue weighted by atomic mass is 16.2. The summed E-state index contributed by atoms with van der Waals surface area (Å²) >= 11 is 0. The van der Waals surface area contributed by atoms with Gasteiger partial charge in [0.25, 0.3) is 11.8 Å². The molecule has 124 valence electrons. The number of hydrogen-bond donors (Lipinski definition) is 1. The van der Waals surface area contributed by atoms with E-state index in [1.54, 1.807) is 30.1 Å². The lowest BCUT2D eigenvalue weighted by molar-refractivity contribution is -0.118. The smallest absolute Gasteiger partial charge is 0.256 e. The first-order valence-corrected chi connectivity index (χ1v) is 8.01. The lowest BCUT2D eigenvalue weighted by Gasteiger charge is -2.23. The molecule has 2 amide bonds. The van der Waals surface area contributed by atoms with E-state index in [0.717, 1.165) is 16.5 Å². The van der Waals surface area contributed by atoms with Crippen LogP contribution in [-0.4, -0.2) is 30.3 Å². The van der Waals surface area contributed by atoms with Crippen molar-refractivity contribution in [3.8, 4) is 0 Å². The first-order chi connectivity index (χ1) is 12.0. The van der Waals surface area contributed by atoms with Gasteiger partial charge >= 0.3 is 0 Å². The van der Waals surface area contributed by atoms with Crippen LogP contribution in [0.4, 0.5) is 17.1 Å². The van der Waals surface area contributed by atoms with E-state index in [2.05, 4.69) is 0 Å². The number of nitrogens with two attached hydrogens (primary N) is 1. The van der Waals surface area contributed by atoms with Gasteiger partial charge in [-0.1, -0.05) is 30.3 Å². The minimum absolute atomic E-state index is 0.0141. The van der Waals surface area contributed by atoms with Gasteiger partial charge in [0.1, 0.15) is 6.54 Å². The number of nitrogens with zero attached hydrogens (tertiary/aromatic N) is 2. The average Bonchev–Trinajstić information content (AvgIpc) is 2.69. The van der Waals surface area contributed by atoms with Crippen molar-refractivity contribution in [2.45, 2.75) is 0 Å². The zero-order chi connectivity index (χ0) is 17.6. The molecule has 0 saturated heterocycles. The van der Waals surface area contributed by atoms with Crippen LogP contribution in [0.15, 0.2) is 60.7 Å². The van der Waals surface area contributed by atoms with E-state index in [1.807, 2.05) is 42.5 Å². The number of nitrogen functional groups attached to an aromatic ring is 1. The number of rotatable bonds is 1.